The molecule has 0 unspecified atom stereocenters. The number of anilines is 1. The van der Waals surface area contributed by atoms with E-state index in [9.17, 15) is 4.79 Å². The number of rotatable bonds is 6. The minimum absolute atomic E-state index is 0.0351. The summed E-state index contributed by atoms with van der Waals surface area (Å²) in [5, 5.41) is 3.67. The highest BCUT2D eigenvalue weighted by molar-refractivity contribution is 7.15. The largest absolute Gasteiger partial charge is 0.301 e. The summed E-state index contributed by atoms with van der Waals surface area (Å²) in [6.07, 6.45) is 0.904. The highest BCUT2D eigenvalue weighted by Crippen LogP contribution is 2.22. The summed E-state index contributed by atoms with van der Waals surface area (Å²) < 4.78 is 0. The minimum atomic E-state index is 0.0351. The maximum absolute atomic E-state index is 12.3. The number of hydrogen-bond acceptors (Lipinski definition) is 5. The zero-order valence-electron chi connectivity index (χ0n) is 15.0. The van der Waals surface area contributed by atoms with Crippen molar-refractivity contribution >= 4 is 22.4 Å². The molecule has 2 heterocycles. The van der Waals surface area contributed by atoms with Crippen LogP contribution in [0.4, 0.5) is 5.13 Å². The highest BCUT2D eigenvalue weighted by Gasteiger charge is 2.19. The predicted octanol–water partition coefficient (Wildman–Crippen LogP) is 2.77. The summed E-state index contributed by atoms with van der Waals surface area (Å²) >= 11 is 1.56. The molecule has 134 valence electrons. The van der Waals surface area contributed by atoms with E-state index < -0.39 is 0 Å². The molecule has 1 aromatic heterocycles. The van der Waals surface area contributed by atoms with Gasteiger partial charge in [-0.05, 0) is 18.9 Å². The number of benzene rings is 1. The summed E-state index contributed by atoms with van der Waals surface area (Å²) in [4.78, 5) is 22.6. The molecule has 0 aliphatic carbocycles. The first-order valence-corrected chi connectivity index (χ1v) is 9.70. The van der Waals surface area contributed by atoms with Crippen LogP contribution in [0.5, 0.6) is 0 Å². The second-order valence-corrected chi connectivity index (χ2v) is 7.66. The zero-order chi connectivity index (χ0) is 17.6. The van der Waals surface area contributed by atoms with Crippen molar-refractivity contribution in [2.24, 2.45) is 0 Å². The molecule has 1 aromatic carbocycles. The lowest BCUT2D eigenvalue weighted by molar-refractivity contribution is -0.117. The van der Waals surface area contributed by atoms with Crippen molar-refractivity contribution < 1.29 is 4.79 Å². The number of nitrogens with zero attached hydrogens (tertiary/aromatic N) is 3. The van der Waals surface area contributed by atoms with E-state index in [0.717, 1.165) is 50.0 Å². The summed E-state index contributed by atoms with van der Waals surface area (Å²) in [6, 6.07) is 10.6. The molecular formula is C19H26N4OS. The molecule has 1 amide bonds. The van der Waals surface area contributed by atoms with E-state index in [1.165, 1.54) is 10.4 Å². The third kappa shape index (κ3) is 5.11. The van der Waals surface area contributed by atoms with Crippen LogP contribution in [0, 0.1) is 6.92 Å². The average Bonchev–Trinajstić information content (AvgIpc) is 2.97. The van der Waals surface area contributed by atoms with Gasteiger partial charge in [0.25, 0.3) is 0 Å². The molecule has 1 aliphatic rings. The third-order valence-electron chi connectivity index (χ3n) is 4.56. The standard InChI is InChI=1S/C19H26N4OS/c1-3-17-15(2)25-19(20-17)21-18(24)14-23-11-9-22(10-12-23)13-16-7-5-4-6-8-16/h4-8H,3,9-14H2,1-2H3,(H,20,21,24). The van der Waals surface area contributed by atoms with Gasteiger partial charge in [-0.2, -0.15) is 0 Å². The quantitative estimate of drug-likeness (QED) is 0.863. The van der Waals surface area contributed by atoms with Crippen molar-refractivity contribution in [2.75, 3.05) is 38.0 Å². The number of thiazole rings is 1. The van der Waals surface area contributed by atoms with Gasteiger partial charge in [-0.25, -0.2) is 4.98 Å². The molecule has 0 saturated carbocycles. The fourth-order valence-electron chi connectivity index (χ4n) is 3.12. The molecule has 0 atom stereocenters. The van der Waals surface area contributed by atoms with Gasteiger partial charge in [-0.3, -0.25) is 14.6 Å². The van der Waals surface area contributed by atoms with Crippen LogP contribution in [-0.4, -0.2) is 53.4 Å². The Balaban J connectivity index is 1.43. The molecule has 1 N–H and O–H groups in total. The third-order valence-corrected chi connectivity index (χ3v) is 5.48. The Bertz CT molecular complexity index is 693. The smallest absolute Gasteiger partial charge is 0.240 e. The van der Waals surface area contributed by atoms with Gasteiger partial charge < -0.3 is 5.32 Å². The number of amides is 1. The first kappa shape index (κ1) is 18.0. The molecular weight excluding hydrogens is 332 g/mol. The van der Waals surface area contributed by atoms with E-state index in [2.05, 4.69) is 58.2 Å². The molecule has 6 heteroatoms. The van der Waals surface area contributed by atoms with Gasteiger partial charge in [0, 0.05) is 37.6 Å². The van der Waals surface area contributed by atoms with E-state index in [4.69, 9.17) is 0 Å². The molecule has 2 aromatic rings. The van der Waals surface area contributed by atoms with Crippen molar-refractivity contribution in [3.8, 4) is 0 Å². The van der Waals surface area contributed by atoms with E-state index in [-0.39, 0.29) is 5.91 Å². The van der Waals surface area contributed by atoms with Crippen LogP contribution in [0.15, 0.2) is 30.3 Å². The van der Waals surface area contributed by atoms with E-state index in [0.29, 0.717) is 6.54 Å². The fraction of sp³-hybridized carbons (Fsp3) is 0.474. The highest BCUT2D eigenvalue weighted by atomic mass is 32.1. The maximum Gasteiger partial charge on any atom is 0.240 e. The normalized spacial score (nSPS) is 16.1. The molecule has 0 bridgehead atoms. The van der Waals surface area contributed by atoms with Gasteiger partial charge in [0.1, 0.15) is 0 Å². The number of nitrogens with one attached hydrogen (secondary N) is 1. The van der Waals surface area contributed by atoms with E-state index in [1.807, 2.05) is 6.07 Å². The Morgan fingerprint density at radius 3 is 2.48 bits per heavy atom. The summed E-state index contributed by atoms with van der Waals surface area (Å²) in [6.45, 7) is 9.42. The fourth-order valence-corrected chi connectivity index (χ4v) is 4.04. The van der Waals surface area contributed by atoms with Gasteiger partial charge in [-0.1, -0.05) is 37.3 Å². The number of aromatic nitrogens is 1. The minimum Gasteiger partial charge on any atom is -0.301 e. The summed E-state index contributed by atoms with van der Waals surface area (Å²) in [5.41, 5.74) is 2.43. The number of carbonyl (C=O) groups is 1. The van der Waals surface area contributed by atoms with Crippen molar-refractivity contribution in [2.45, 2.75) is 26.8 Å². The number of hydrogen-bond donors (Lipinski definition) is 1. The van der Waals surface area contributed by atoms with E-state index in [1.54, 1.807) is 11.3 Å². The molecule has 25 heavy (non-hydrogen) atoms. The van der Waals surface area contributed by atoms with Crippen LogP contribution in [0.1, 0.15) is 23.1 Å². The van der Waals surface area contributed by atoms with Crippen LogP contribution in [-0.2, 0) is 17.8 Å². The van der Waals surface area contributed by atoms with Crippen LogP contribution in [0.3, 0.4) is 0 Å². The molecule has 1 fully saturated rings. The second-order valence-electron chi connectivity index (χ2n) is 6.46. The van der Waals surface area contributed by atoms with Gasteiger partial charge in [0.2, 0.25) is 5.91 Å². The molecule has 5 nitrogen and oxygen atoms in total. The van der Waals surface area contributed by atoms with Crippen molar-refractivity contribution in [3.05, 3.63) is 46.5 Å². The lowest BCUT2D eigenvalue weighted by Crippen LogP contribution is -2.48. The summed E-state index contributed by atoms with van der Waals surface area (Å²) in [7, 11) is 0. The first-order valence-electron chi connectivity index (χ1n) is 8.89. The predicted molar refractivity (Wildman–Crippen MR) is 103 cm³/mol. The molecule has 1 aliphatic heterocycles. The maximum atomic E-state index is 12.3. The average molecular weight is 359 g/mol. The first-order chi connectivity index (χ1) is 12.1. The Hall–Kier alpha value is -1.76. The second kappa shape index (κ2) is 8.56. The number of piperazine rings is 1. The molecule has 0 radical (unpaired) electrons. The molecule has 0 spiro atoms. The number of aryl methyl sites for hydroxylation is 2. The van der Waals surface area contributed by atoms with Crippen molar-refractivity contribution in [3.63, 3.8) is 0 Å². The molecule has 1 saturated heterocycles. The lowest BCUT2D eigenvalue weighted by Gasteiger charge is -2.34. The Kier molecular flexibility index (Phi) is 6.18. The SMILES string of the molecule is CCc1nc(NC(=O)CN2CCN(Cc3ccccc3)CC2)sc1C. The lowest BCUT2D eigenvalue weighted by atomic mass is 10.2. The number of carbonyl (C=O) groups excluding carboxylic acids is 1. The Morgan fingerprint density at radius 2 is 1.84 bits per heavy atom. The Morgan fingerprint density at radius 1 is 1.16 bits per heavy atom. The van der Waals surface area contributed by atoms with Gasteiger partial charge in [0.15, 0.2) is 5.13 Å². The van der Waals surface area contributed by atoms with Crippen LogP contribution < -0.4 is 5.32 Å². The zero-order valence-corrected chi connectivity index (χ0v) is 15.8. The van der Waals surface area contributed by atoms with Crippen LogP contribution in [0.2, 0.25) is 0 Å². The molecule has 3 rings (SSSR count). The van der Waals surface area contributed by atoms with Gasteiger partial charge in [0.05, 0.1) is 12.2 Å². The monoisotopic (exact) mass is 358 g/mol. The topological polar surface area (TPSA) is 48.5 Å². The van der Waals surface area contributed by atoms with E-state index >= 15 is 0 Å². The Labute approximate surface area is 153 Å². The van der Waals surface area contributed by atoms with Gasteiger partial charge >= 0.3 is 0 Å². The summed E-state index contributed by atoms with van der Waals surface area (Å²) in [5.74, 6) is 0.0351. The van der Waals surface area contributed by atoms with Crippen molar-refractivity contribution in [1.82, 2.24) is 14.8 Å². The van der Waals surface area contributed by atoms with Gasteiger partial charge in [-0.15, -0.1) is 11.3 Å². The van der Waals surface area contributed by atoms with Crippen LogP contribution in [0.25, 0.3) is 0 Å². The van der Waals surface area contributed by atoms with Crippen molar-refractivity contribution in [1.29, 1.82) is 0 Å². The van der Waals surface area contributed by atoms with Crippen LogP contribution >= 0.6 is 11.3 Å².